The van der Waals surface area contributed by atoms with Crippen molar-refractivity contribution in [3.63, 3.8) is 0 Å². The first-order valence-corrected chi connectivity index (χ1v) is 20.8. The van der Waals surface area contributed by atoms with E-state index in [1.165, 1.54) is 22.3 Å². The fraction of sp³-hybridized carbons (Fsp3) is 0.107. The minimum Gasteiger partial charge on any atom is -0.509 e. The summed E-state index contributed by atoms with van der Waals surface area (Å²) in [5.41, 5.74) is 10.6. The molecule has 6 heteroatoms. The normalized spacial score (nSPS) is 12.8. The van der Waals surface area contributed by atoms with Crippen molar-refractivity contribution in [1.29, 1.82) is 0 Å². The molecule has 0 bridgehead atoms. The minimum atomic E-state index is -0.238. The second-order valence-corrected chi connectivity index (χ2v) is 16.7. The van der Waals surface area contributed by atoms with E-state index in [4.69, 9.17) is 9.72 Å². The molecule has 0 atom stereocenters. The van der Waals surface area contributed by atoms with E-state index in [0.29, 0.717) is 11.5 Å². The molecular weight excluding hydrogens is 940 g/mol. The van der Waals surface area contributed by atoms with Crippen LogP contribution in [0, 0.1) is 18.8 Å². The predicted molar refractivity (Wildman–Crippen MR) is 250 cm³/mol. The molecule has 0 fully saturated rings. The molecule has 0 aliphatic carbocycles. The second kappa shape index (κ2) is 16.6. The van der Waals surface area contributed by atoms with Gasteiger partial charge in [-0.05, 0) is 75.9 Å². The molecule has 1 aliphatic rings. The second-order valence-electron chi connectivity index (χ2n) is 16.7. The van der Waals surface area contributed by atoms with Crippen LogP contribution in [0.4, 0.5) is 11.4 Å². The zero-order chi connectivity index (χ0) is 41.6. The molecule has 0 saturated carbocycles. The van der Waals surface area contributed by atoms with Gasteiger partial charge in [0.25, 0.3) is 0 Å². The minimum absolute atomic E-state index is 0. The predicted octanol–water partition coefficient (Wildman–Crippen LogP) is 13.8. The molecule has 0 radical (unpaired) electrons. The summed E-state index contributed by atoms with van der Waals surface area (Å²) >= 11 is 0. The van der Waals surface area contributed by atoms with E-state index >= 15 is 0 Å². The van der Waals surface area contributed by atoms with Crippen molar-refractivity contribution in [3.05, 3.63) is 236 Å². The standard InChI is InChI=1S/C56H45N4O.Pt/c1-55(2,42-20-10-6-11-21-42)44-34-45(56(3,4)43-22-12-7-13-23-43)36-47(35-44)59-31-30-58(39-59)46-32-41(40-18-8-5-9-19-40)33-49(37-46)61-48-27-28-51-50-24-14-15-25-52(50)60(53(51)38-48)54-26-16-17-29-57-54;/h5-36,39H,1-4H3;/q-3;. The average molecular weight is 985 g/mol. The van der Waals surface area contributed by atoms with Gasteiger partial charge in [0, 0.05) is 60.8 Å². The van der Waals surface area contributed by atoms with Crippen LogP contribution in [0.3, 0.4) is 0 Å². The van der Waals surface area contributed by atoms with Gasteiger partial charge in [0.15, 0.2) is 0 Å². The van der Waals surface area contributed by atoms with Crippen LogP contribution in [-0.2, 0) is 31.9 Å². The van der Waals surface area contributed by atoms with E-state index in [1.807, 2.05) is 36.5 Å². The van der Waals surface area contributed by atoms with Crippen LogP contribution < -0.4 is 14.5 Å². The first-order valence-electron chi connectivity index (χ1n) is 20.8. The number of para-hydroxylation sites is 1. The van der Waals surface area contributed by atoms with Crippen LogP contribution >= 0.6 is 0 Å². The van der Waals surface area contributed by atoms with Gasteiger partial charge < -0.3 is 19.1 Å². The Balaban J connectivity index is 0.00000490. The van der Waals surface area contributed by atoms with Crippen LogP contribution in [-0.4, -0.2) is 9.55 Å². The smallest absolute Gasteiger partial charge is 0.135 e. The Bertz CT molecular complexity index is 2960. The van der Waals surface area contributed by atoms with Crippen LogP contribution in [0.5, 0.6) is 11.5 Å². The van der Waals surface area contributed by atoms with Crippen LogP contribution in [0.15, 0.2) is 195 Å². The SMILES string of the molecule is CC(C)(c1ccccc1)c1cc(N2C=CN(c3[c-]c(Oc4[c-]c5c(cc4)c4ccccc4n5-c4ccccn4)cc(-c4ccccc4)c3)[CH-]2)cc(C(C)(C)c2ccccc2)c1.[Pt]. The molecule has 0 amide bonds. The van der Waals surface area contributed by atoms with Crippen molar-refractivity contribution in [2.24, 2.45) is 0 Å². The molecule has 0 N–H and O–H groups in total. The van der Waals surface area contributed by atoms with Crippen molar-refractivity contribution in [2.45, 2.75) is 38.5 Å². The number of hydrogen-bond donors (Lipinski definition) is 0. The number of rotatable bonds is 10. The van der Waals surface area contributed by atoms with Crippen molar-refractivity contribution < 1.29 is 25.8 Å². The molecule has 0 unspecified atom stereocenters. The summed E-state index contributed by atoms with van der Waals surface area (Å²) in [5, 5.41) is 2.22. The van der Waals surface area contributed by atoms with Gasteiger partial charge >= 0.3 is 0 Å². The topological polar surface area (TPSA) is 33.5 Å². The van der Waals surface area contributed by atoms with Crippen molar-refractivity contribution in [3.8, 4) is 28.4 Å². The molecule has 62 heavy (non-hydrogen) atoms. The Labute approximate surface area is 378 Å². The summed E-state index contributed by atoms with van der Waals surface area (Å²) in [6, 6.07) is 68.9. The molecule has 5 nitrogen and oxygen atoms in total. The third kappa shape index (κ3) is 7.63. The van der Waals surface area contributed by atoms with E-state index in [-0.39, 0.29) is 31.9 Å². The van der Waals surface area contributed by atoms with E-state index in [1.54, 1.807) is 0 Å². The average Bonchev–Trinajstić information content (AvgIpc) is 3.94. The van der Waals surface area contributed by atoms with Gasteiger partial charge in [0.2, 0.25) is 0 Å². The molecule has 1 aliphatic heterocycles. The van der Waals surface area contributed by atoms with E-state index < -0.39 is 0 Å². The first-order chi connectivity index (χ1) is 29.7. The zero-order valence-electron chi connectivity index (χ0n) is 35.1. The molecule has 10 rings (SSSR count). The van der Waals surface area contributed by atoms with Gasteiger partial charge in [-0.15, -0.1) is 53.6 Å². The van der Waals surface area contributed by atoms with Gasteiger partial charge in [0.05, 0.1) is 0 Å². The summed E-state index contributed by atoms with van der Waals surface area (Å²) in [5.74, 6) is 2.01. The van der Waals surface area contributed by atoms with Gasteiger partial charge in [-0.1, -0.05) is 155 Å². The molecule has 9 aromatic rings. The number of anilines is 2. The van der Waals surface area contributed by atoms with Crippen molar-refractivity contribution in [1.82, 2.24) is 9.55 Å². The number of aromatic nitrogens is 2. The zero-order valence-corrected chi connectivity index (χ0v) is 37.3. The molecule has 0 spiro atoms. The fourth-order valence-corrected chi connectivity index (χ4v) is 8.47. The number of benzene rings is 7. The van der Waals surface area contributed by atoms with Gasteiger partial charge in [0.1, 0.15) is 5.82 Å². The Morgan fingerprint density at radius 1 is 0.516 bits per heavy atom. The number of fused-ring (bicyclic) bond motifs is 3. The molecule has 3 heterocycles. The Hall–Kier alpha value is -6.68. The monoisotopic (exact) mass is 984 g/mol. The van der Waals surface area contributed by atoms with Gasteiger partial charge in [-0.25, -0.2) is 4.98 Å². The summed E-state index contributed by atoms with van der Waals surface area (Å²) in [7, 11) is 0. The first kappa shape index (κ1) is 40.7. The third-order valence-electron chi connectivity index (χ3n) is 12.2. The maximum absolute atomic E-state index is 6.71. The Kier molecular flexibility index (Phi) is 10.9. The number of hydrogen-bond acceptors (Lipinski definition) is 4. The number of ether oxygens (including phenoxy) is 1. The quantitative estimate of drug-likeness (QED) is 0.128. The molecular formula is C56H45N4OPt-3. The van der Waals surface area contributed by atoms with Gasteiger partial charge in [-0.2, -0.15) is 6.07 Å². The summed E-state index contributed by atoms with van der Waals surface area (Å²) < 4.78 is 8.86. The molecule has 2 aromatic heterocycles. The number of nitrogens with zero attached hydrogens (tertiary/aromatic N) is 4. The summed E-state index contributed by atoms with van der Waals surface area (Å²) in [4.78, 5) is 9.02. The summed E-state index contributed by atoms with van der Waals surface area (Å²) in [6.07, 6.45) is 6.03. The van der Waals surface area contributed by atoms with Crippen molar-refractivity contribution in [2.75, 3.05) is 9.80 Å². The Morgan fingerprint density at radius 3 is 1.79 bits per heavy atom. The Morgan fingerprint density at radius 2 is 1.13 bits per heavy atom. The van der Waals surface area contributed by atoms with Crippen molar-refractivity contribution >= 4 is 33.2 Å². The van der Waals surface area contributed by atoms with E-state index in [2.05, 4.69) is 219 Å². The third-order valence-corrected chi connectivity index (χ3v) is 12.2. The summed E-state index contributed by atoms with van der Waals surface area (Å²) in [6.45, 7) is 11.4. The van der Waals surface area contributed by atoms with Gasteiger partial charge in [-0.3, -0.25) is 0 Å². The van der Waals surface area contributed by atoms with Crippen LogP contribution in [0.25, 0.3) is 38.8 Å². The fourth-order valence-electron chi connectivity index (χ4n) is 8.47. The number of pyridine rings is 1. The maximum Gasteiger partial charge on any atom is 0.135 e. The van der Waals surface area contributed by atoms with Crippen LogP contribution in [0.1, 0.15) is 49.9 Å². The molecule has 7 aromatic carbocycles. The molecule has 0 saturated heterocycles. The maximum atomic E-state index is 6.71. The van der Waals surface area contributed by atoms with Crippen LogP contribution in [0.2, 0.25) is 0 Å². The molecule has 308 valence electrons. The van der Waals surface area contributed by atoms with E-state index in [9.17, 15) is 0 Å². The van der Waals surface area contributed by atoms with E-state index in [0.717, 1.165) is 50.1 Å². The largest absolute Gasteiger partial charge is 0.509 e.